The molecule has 1 unspecified atom stereocenters. The number of hydrogen-bond donors (Lipinski definition) is 2. The minimum atomic E-state index is -0.699. The van der Waals surface area contributed by atoms with Gasteiger partial charge < -0.3 is 10.4 Å². The average Bonchev–Trinajstić information content (AvgIpc) is 2.62. The second-order valence-electron chi connectivity index (χ2n) is 4.36. The van der Waals surface area contributed by atoms with Gasteiger partial charge in [-0.3, -0.25) is 4.79 Å². The van der Waals surface area contributed by atoms with Gasteiger partial charge in [-0.15, -0.1) is 11.3 Å². The molecule has 0 radical (unpaired) electrons. The predicted molar refractivity (Wildman–Crippen MR) is 64.5 cm³/mol. The second kappa shape index (κ2) is 5.46. The Morgan fingerprint density at radius 3 is 2.94 bits per heavy atom. The first-order valence-corrected chi connectivity index (χ1v) is 6.61. The summed E-state index contributed by atoms with van der Waals surface area (Å²) in [5, 5.41) is 14.3. The molecular formula is C12H17NO2S. The summed E-state index contributed by atoms with van der Waals surface area (Å²) in [6, 6.07) is 4.25. The lowest BCUT2D eigenvalue weighted by atomic mass is 9.78. The number of carboxylic acid groups (broad SMARTS) is 1. The molecule has 1 aromatic rings. The first-order chi connectivity index (χ1) is 7.75. The van der Waals surface area contributed by atoms with Crippen LogP contribution < -0.4 is 5.32 Å². The molecule has 16 heavy (non-hydrogen) atoms. The van der Waals surface area contributed by atoms with E-state index in [1.165, 1.54) is 24.1 Å². The molecule has 1 saturated carbocycles. The highest BCUT2D eigenvalue weighted by Gasteiger charge is 2.28. The Morgan fingerprint density at radius 1 is 1.62 bits per heavy atom. The van der Waals surface area contributed by atoms with E-state index in [0.29, 0.717) is 5.92 Å². The SMILES string of the molecule is O=C(O)CC(NCc1cccs1)C1CCC1. The monoisotopic (exact) mass is 239 g/mol. The van der Waals surface area contributed by atoms with Crippen LogP contribution in [0.1, 0.15) is 30.6 Å². The normalized spacial score (nSPS) is 18.0. The van der Waals surface area contributed by atoms with Crippen molar-refractivity contribution in [3.05, 3.63) is 22.4 Å². The van der Waals surface area contributed by atoms with Gasteiger partial charge in [-0.2, -0.15) is 0 Å². The van der Waals surface area contributed by atoms with Gasteiger partial charge in [0.1, 0.15) is 0 Å². The van der Waals surface area contributed by atoms with E-state index < -0.39 is 5.97 Å². The van der Waals surface area contributed by atoms with E-state index in [4.69, 9.17) is 5.11 Å². The van der Waals surface area contributed by atoms with E-state index in [1.54, 1.807) is 11.3 Å². The molecule has 0 aromatic carbocycles. The van der Waals surface area contributed by atoms with Crippen molar-refractivity contribution < 1.29 is 9.90 Å². The molecule has 0 amide bonds. The summed E-state index contributed by atoms with van der Waals surface area (Å²) in [6.45, 7) is 0.798. The number of nitrogens with one attached hydrogen (secondary N) is 1. The van der Waals surface area contributed by atoms with E-state index >= 15 is 0 Å². The van der Waals surface area contributed by atoms with Gasteiger partial charge in [0.25, 0.3) is 0 Å². The lowest BCUT2D eigenvalue weighted by Crippen LogP contribution is -2.40. The zero-order valence-electron chi connectivity index (χ0n) is 9.19. The Balaban J connectivity index is 1.83. The highest BCUT2D eigenvalue weighted by molar-refractivity contribution is 7.09. The fourth-order valence-electron chi connectivity index (χ4n) is 2.08. The van der Waals surface area contributed by atoms with Gasteiger partial charge in [0.15, 0.2) is 0 Å². The van der Waals surface area contributed by atoms with Crippen molar-refractivity contribution in [1.29, 1.82) is 0 Å². The van der Waals surface area contributed by atoms with Crippen LogP contribution in [-0.2, 0) is 11.3 Å². The van der Waals surface area contributed by atoms with Gasteiger partial charge in [-0.1, -0.05) is 12.5 Å². The molecule has 0 aliphatic heterocycles. The van der Waals surface area contributed by atoms with Crippen molar-refractivity contribution in [3.63, 3.8) is 0 Å². The van der Waals surface area contributed by atoms with Gasteiger partial charge in [0.2, 0.25) is 0 Å². The second-order valence-corrected chi connectivity index (χ2v) is 5.39. The topological polar surface area (TPSA) is 49.3 Å². The van der Waals surface area contributed by atoms with Gasteiger partial charge >= 0.3 is 5.97 Å². The van der Waals surface area contributed by atoms with Gasteiger partial charge in [-0.25, -0.2) is 0 Å². The molecule has 2 rings (SSSR count). The van der Waals surface area contributed by atoms with Gasteiger partial charge in [-0.05, 0) is 30.2 Å². The van der Waals surface area contributed by atoms with Crippen LogP contribution >= 0.6 is 11.3 Å². The summed E-state index contributed by atoms with van der Waals surface area (Å²) >= 11 is 1.71. The summed E-state index contributed by atoms with van der Waals surface area (Å²) in [5.41, 5.74) is 0. The summed E-state index contributed by atoms with van der Waals surface area (Å²) in [7, 11) is 0. The third-order valence-corrected chi connectivity index (χ3v) is 4.11. The number of carbonyl (C=O) groups is 1. The standard InChI is InChI=1S/C12H17NO2S/c14-12(15)7-11(9-3-1-4-9)13-8-10-5-2-6-16-10/h2,5-6,9,11,13H,1,3-4,7-8H2,(H,14,15). The van der Waals surface area contributed by atoms with Crippen molar-refractivity contribution in [1.82, 2.24) is 5.32 Å². The van der Waals surface area contributed by atoms with Crippen LogP contribution in [0.4, 0.5) is 0 Å². The molecule has 88 valence electrons. The molecule has 3 nitrogen and oxygen atoms in total. The molecule has 1 aromatic heterocycles. The lowest BCUT2D eigenvalue weighted by Gasteiger charge is -2.33. The van der Waals surface area contributed by atoms with Crippen LogP contribution in [0.3, 0.4) is 0 Å². The van der Waals surface area contributed by atoms with Gasteiger partial charge in [0, 0.05) is 17.5 Å². The van der Waals surface area contributed by atoms with E-state index in [2.05, 4.69) is 11.4 Å². The molecule has 2 N–H and O–H groups in total. The maximum Gasteiger partial charge on any atom is 0.304 e. The van der Waals surface area contributed by atoms with Crippen LogP contribution in [0.25, 0.3) is 0 Å². The summed E-state index contributed by atoms with van der Waals surface area (Å²) in [5.74, 6) is -0.133. The molecule has 1 aliphatic rings. The van der Waals surface area contributed by atoms with Crippen LogP contribution in [-0.4, -0.2) is 17.1 Å². The minimum absolute atomic E-state index is 0.147. The van der Waals surface area contributed by atoms with Crippen LogP contribution in [0, 0.1) is 5.92 Å². The van der Waals surface area contributed by atoms with Crippen molar-refractivity contribution in [3.8, 4) is 0 Å². The highest BCUT2D eigenvalue weighted by Crippen LogP contribution is 2.31. The Labute approximate surface area is 99.5 Å². The van der Waals surface area contributed by atoms with E-state index in [-0.39, 0.29) is 12.5 Å². The average molecular weight is 239 g/mol. The molecule has 0 saturated heterocycles. The Hall–Kier alpha value is -0.870. The summed E-state index contributed by atoms with van der Waals surface area (Å²) < 4.78 is 0. The van der Waals surface area contributed by atoms with Gasteiger partial charge in [0.05, 0.1) is 6.42 Å². The van der Waals surface area contributed by atoms with Crippen molar-refractivity contribution >= 4 is 17.3 Å². The lowest BCUT2D eigenvalue weighted by molar-refractivity contribution is -0.138. The first kappa shape index (κ1) is 11.6. The minimum Gasteiger partial charge on any atom is -0.481 e. The number of rotatable bonds is 6. The quantitative estimate of drug-likeness (QED) is 0.802. The Bertz CT molecular complexity index is 333. The van der Waals surface area contributed by atoms with Crippen molar-refractivity contribution in [2.75, 3.05) is 0 Å². The molecular weight excluding hydrogens is 222 g/mol. The van der Waals surface area contributed by atoms with E-state index in [9.17, 15) is 4.79 Å². The molecule has 1 atom stereocenters. The zero-order valence-corrected chi connectivity index (χ0v) is 10.0. The Kier molecular flexibility index (Phi) is 3.96. The van der Waals surface area contributed by atoms with E-state index in [1.807, 2.05) is 11.4 Å². The highest BCUT2D eigenvalue weighted by atomic mass is 32.1. The van der Waals surface area contributed by atoms with Crippen LogP contribution in [0.15, 0.2) is 17.5 Å². The molecule has 1 fully saturated rings. The fourth-order valence-corrected chi connectivity index (χ4v) is 2.74. The number of carboxylic acids is 1. The summed E-state index contributed by atoms with van der Waals surface area (Å²) in [6.07, 6.45) is 3.85. The third-order valence-electron chi connectivity index (χ3n) is 3.23. The maximum atomic E-state index is 10.8. The Morgan fingerprint density at radius 2 is 2.44 bits per heavy atom. The number of hydrogen-bond acceptors (Lipinski definition) is 3. The molecule has 0 spiro atoms. The van der Waals surface area contributed by atoms with E-state index in [0.717, 1.165) is 6.54 Å². The third kappa shape index (κ3) is 3.06. The zero-order chi connectivity index (χ0) is 11.4. The molecule has 1 aliphatic carbocycles. The smallest absolute Gasteiger partial charge is 0.304 e. The van der Waals surface area contributed by atoms with Crippen LogP contribution in [0.2, 0.25) is 0 Å². The largest absolute Gasteiger partial charge is 0.481 e. The van der Waals surface area contributed by atoms with Crippen LogP contribution in [0.5, 0.6) is 0 Å². The molecule has 4 heteroatoms. The van der Waals surface area contributed by atoms with Crippen molar-refractivity contribution in [2.24, 2.45) is 5.92 Å². The summed E-state index contributed by atoms with van der Waals surface area (Å²) in [4.78, 5) is 12.1. The predicted octanol–water partition coefficient (Wildman–Crippen LogP) is 2.48. The maximum absolute atomic E-state index is 10.8. The van der Waals surface area contributed by atoms with Crippen molar-refractivity contribution in [2.45, 2.75) is 38.3 Å². The molecule has 0 bridgehead atoms. The fraction of sp³-hybridized carbons (Fsp3) is 0.583. The number of thiophene rings is 1. The first-order valence-electron chi connectivity index (χ1n) is 5.73. The number of aliphatic carboxylic acids is 1. The molecule has 1 heterocycles.